The maximum absolute atomic E-state index is 13.0. The Kier molecular flexibility index (Phi) is 3.68. The molecule has 1 aromatic rings. The first-order chi connectivity index (χ1) is 7.06. The van der Waals surface area contributed by atoms with E-state index >= 15 is 0 Å². The highest BCUT2D eigenvalue weighted by Gasteiger charge is 2.12. The van der Waals surface area contributed by atoms with Crippen molar-refractivity contribution in [2.75, 3.05) is 11.6 Å². The number of nitrogen functional groups attached to an aromatic ring is 1. The Bertz CT molecular complexity index is 418. The summed E-state index contributed by atoms with van der Waals surface area (Å²) < 4.78 is 13.0. The zero-order valence-electron chi connectivity index (χ0n) is 7.71. The summed E-state index contributed by atoms with van der Waals surface area (Å²) in [5.74, 6) is -1.65. The monoisotopic (exact) mass is 229 g/mol. The third-order valence-electron chi connectivity index (χ3n) is 1.79. The number of benzene rings is 1. The number of halogens is 2. The number of carboxylic acid groups (broad SMARTS) is 1. The van der Waals surface area contributed by atoms with Crippen LogP contribution in [-0.4, -0.2) is 17.0 Å². The van der Waals surface area contributed by atoms with Gasteiger partial charge in [0.05, 0.1) is 11.3 Å². The fourth-order valence-electron chi connectivity index (χ4n) is 1.13. The number of nitrogens with two attached hydrogens (primary N) is 1. The highest BCUT2D eigenvalue weighted by Crippen LogP contribution is 2.21. The molecule has 0 heterocycles. The van der Waals surface area contributed by atoms with Gasteiger partial charge >= 0.3 is 5.97 Å². The van der Waals surface area contributed by atoms with Crippen molar-refractivity contribution >= 4 is 29.3 Å². The lowest BCUT2D eigenvalue weighted by Gasteiger charge is -2.05. The lowest BCUT2D eigenvalue weighted by atomic mass is 10.1. The van der Waals surface area contributed by atoms with Crippen LogP contribution < -0.4 is 5.73 Å². The van der Waals surface area contributed by atoms with Crippen LogP contribution in [-0.2, 0) is 0 Å². The summed E-state index contributed by atoms with van der Waals surface area (Å²) in [5.41, 5.74) is 5.65. The maximum Gasteiger partial charge on any atom is 0.337 e. The molecule has 0 atom stereocenters. The zero-order chi connectivity index (χ0) is 11.4. The van der Waals surface area contributed by atoms with Crippen LogP contribution in [0, 0.1) is 5.82 Å². The van der Waals surface area contributed by atoms with Crippen molar-refractivity contribution in [2.45, 2.75) is 0 Å². The van der Waals surface area contributed by atoms with E-state index in [1.807, 2.05) is 0 Å². The lowest BCUT2D eigenvalue weighted by molar-refractivity contribution is 0.0697. The molecular formula is C10H9ClFNO2. The van der Waals surface area contributed by atoms with E-state index in [2.05, 4.69) is 0 Å². The first kappa shape index (κ1) is 11.5. The molecule has 0 saturated heterocycles. The van der Waals surface area contributed by atoms with Gasteiger partial charge in [-0.25, -0.2) is 9.18 Å². The number of carboxylic acids is 1. The van der Waals surface area contributed by atoms with E-state index in [4.69, 9.17) is 22.4 Å². The van der Waals surface area contributed by atoms with Crippen LogP contribution in [0.15, 0.2) is 18.2 Å². The van der Waals surface area contributed by atoms with Gasteiger partial charge in [0, 0.05) is 11.4 Å². The summed E-state index contributed by atoms with van der Waals surface area (Å²) in [6.07, 6.45) is 3.04. The molecule has 0 amide bonds. The summed E-state index contributed by atoms with van der Waals surface area (Å²) in [6.45, 7) is 0. The number of allylic oxidation sites excluding steroid dienone is 1. The van der Waals surface area contributed by atoms with Gasteiger partial charge in [0.15, 0.2) is 0 Å². The molecule has 0 bridgehead atoms. The molecule has 15 heavy (non-hydrogen) atoms. The third-order valence-corrected chi connectivity index (χ3v) is 1.97. The number of alkyl halides is 1. The first-order valence-corrected chi connectivity index (χ1v) is 4.64. The first-order valence-electron chi connectivity index (χ1n) is 4.11. The minimum Gasteiger partial charge on any atom is -0.478 e. The minimum absolute atomic E-state index is 0.0327. The van der Waals surface area contributed by atoms with Gasteiger partial charge in [0.2, 0.25) is 0 Å². The molecule has 80 valence electrons. The molecule has 0 fully saturated rings. The molecule has 3 nitrogen and oxygen atoms in total. The Morgan fingerprint density at radius 3 is 2.80 bits per heavy atom. The Labute approximate surface area is 91.0 Å². The second-order valence-electron chi connectivity index (χ2n) is 2.82. The van der Waals surface area contributed by atoms with Crippen molar-refractivity contribution in [1.82, 2.24) is 0 Å². The number of hydrogen-bond acceptors (Lipinski definition) is 2. The number of aromatic carboxylic acids is 1. The number of anilines is 1. The molecule has 1 aromatic carbocycles. The number of rotatable bonds is 3. The fraction of sp³-hybridized carbons (Fsp3) is 0.100. The molecule has 3 N–H and O–H groups in total. The van der Waals surface area contributed by atoms with Crippen molar-refractivity contribution in [2.24, 2.45) is 0 Å². The van der Waals surface area contributed by atoms with Crippen LogP contribution in [0.1, 0.15) is 15.9 Å². The molecule has 0 saturated carbocycles. The summed E-state index contributed by atoms with van der Waals surface area (Å²) in [5, 5.41) is 8.74. The van der Waals surface area contributed by atoms with Crippen LogP contribution in [0.2, 0.25) is 0 Å². The van der Waals surface area contributed by atoms with E-state index in [1.165, 1.54) is 6.08 Å². The van der Waals surface area contributed by atoms with E-state index < -0.39 is 11.8 Å². The summed E-state index contributed by atoms with van der Waals surface area (Å²) in [6, 6.07) is 2.04. The molecule has 0 aliphatic rings. The van der Waals surface area contributed by atoms with Crippen LogP contribution in [0.25, 0.3) is 6.08 Å². The van der Waals surface area contributed by atoms with Crippen molar-refractivity contribution in [3.05, 3.63) is 35.2 Å². The summed E-state index contributed by atoms with van der Waals surface area (Å²) >= 11 is 5.41. The molecule has 5 heteroatoms. The van der Waals surface area contributed by atoms with E-state index in [-0.39, 0.29) is 17.1 Å². The van der Waals surface area contributed by atoms with Gasteiger partial charge in [-0.2, -0.15) is 0 Å². The average molecular weight is 230 g/mol. The fourth-order valence-corrected chi connectivity index (χ4v) is 1.21. The molecule has 0 aliphatic heterocycles. The Morgan fingerprint density at radius 1 is 1.60 bits per heavy atom. The molecular weight excluding hydrogens is 221 g/mol. The van der Waals surface area contributed by atoms with Gasteiger partial charge in [-0.3, -0.25) is 0 Å². The Morgan fingerprint density at radius 2 is 2.27 bits per heavy atom. The average Bonchev–Trinajstić information content (AvgIpc) is 2.18. The third kappa shape index (κ3) is 2.70. The highest BCUT2D eigenvalue weighted by atomic mass is 35.5. The second-order valence-corrected chi connectivity index (χ2v) is 3.13. The zero-order valence-corrected chi connectivity index (χ0v) is 8.46. The molecule has 0 aromatic heterocycles. The molecule has 0 unspecified atom stereocenters. The quantitative estimate of drug-likeness (QED) is 0.618. The van der Waals surface area contributed by atoms with Gasteiger partial charge in [-0.15, -0.1) is 11.6 Å². The summed E-state index contributed by atoms with van der Waals surface area (Å²) in [4.78, 5) is 10.7. The van der Waals surface area contributed by atoms with Gasteiger partial charge in [0.1, 0.15) is 5.82 Å². The topological polar surface area (TPSA) is 63.3 Å². The van der Waals surface area contributed by atoms with Crippen molar-refractivity contribution in [3.63, 3.8) is 0 Å². The molecule has 0 radical (unpaired) electrons. The SMILES string of the molecule is Nc1c(C=CCCl)cc(F)cc1C(=O)O. The van der Waals surface area contributed by atoms with Gasteiger partial charge in [-0.05, 0) is 12.1 Å². The van der Waals surface area contributed by atoms with E-state index in [1.54, 1.807) is 6.08 Å². The van der Waals surface area contributed by atoms with Crippen molar-refractivity contribution in [3.8, 4) is 0 Å². The number of carbonyl (C=O) groups is 1. The van der Waals surface area contributed by atoms with Crippen molar-refractivity contribution in [1.29, 1.82) is 0 Å². The maximum atomic E-state index is 13.0. The Hall–Kier alpha value is -1.55. The normalized spacial score (nSPS) is 10.8. The van der Waals surface area contributed by atoms with E-state index in [0.717, 1.165) is 12.1 Å². The summed E-state index contributed by atoms with van der Waals surface area (Å²) in [7, 11) is 0. The van der Waals surface area contributed by atoms with Crippen LogP contribution in [0.4, 0.5) is 10.1 Å². The molecule has 0 aliphatic carbocycles. The van der Waals surface area contributed by atoms with Gasteiger partial charge in [-0.1, -0.05) is 12.2 Å². The molecule has 0 spiro atoms. The minimum atomic E-state index is -1.26. The van der Waals surface area contributed by atoms with Gasteiger partial charge in [0.25, 0.3) is 0 Å². The predicted molar refractivity (Wildman–Crippen MR) is 57.5 cm³/mol. The second kappa shape index (κ2) is 4.79. The van der Waals surface area contributed by atoms with Crippen LogP contribution in [0.5, 0.6) is 0 Å². The highest BCUT2D eigenvalue weighted by molar-refractivity contribution is 6.19. The van der Waals surface area contributed by atoms with E-state index in [9.17, 15) is 9.18 Å². The van der Waals surface area contributed by atoms with Crippen LogP contribution in [0.3, 0.4) is 0 Å². The van der Waals surface area contributed by atoms with Crippen molar-refractivity contribution < 1.29 is 14.3 Å². The van der Waals surface area contributed by atoms with Gasteiger partial charge < -0.3 is 10.8 Å². The predicted octanol–water partition coefficient (Wildman–Crippen LogP) is 2.36. The van der Waals surface area contributed by atoms with Crippen LogP contribution >= 0.6 is 11.6 Å². The van der Waals surface area contributed by atoms with E-state index in [0.29, 0.717) is 5.56 Å². The molecule has 1 rings (SSSR count). The Balaban J connectivity index is 3.28. The number of hydrogen-bond donors (Lipinski definition) is 2. The lowest BCUT2D eigenvalue weighted by Crippen LogP contribution is -2.05. The smallest absolute Gasteiger partial charge is 0.337 e. The standard InChI is InChI=1S/C10H9ClFNO2/c11-3-1-2-6-4-7(12)5-8(9(6)13)10(14)15/h1-2,4-5H,3,13H2,(H,14,15). The largest absolute Gasteiger partial charge is 0.478 e.